The van der Waals surface area contributed by atoms with Crippen molar-refractivity contribution < 1.29 is 28.6 Å². The minimum absolute atomic E-state index is 0.144. The van der Waals surface area contributed by atoms with Crippen molar-refractivity contribution in [1.29, 1.82) is 0 Å². The first-order valence-corrected chi connectivity index (χ1v) is 12.2. The maximum atomic E-state index is 12.0. The maximum Gasteiger partial charge on any atom is 0.410 e. The Bertz CT molecular complexity index is 1040. The number of nitrogens with one attached hydrogen (secondary N) is 1. The Hall–Kier alpha value is -3.55. The molecule has 0 bridgehead atoms. The fourth-order valence-corrected chi connectivity index (χ4v) is 2.98. The summed E-state index contributed by atoms with van der Waals surface area (Å²) in [4.78, 5) is 34.7. The maximum absolute atomic E-state index is 12.0. The summed E-state index contributed by atoms with van der Waals surface area (Å²) < 4.78 is 15.1. The standard InChI is InChI=1S/C17H23NO6.C11H16O/c1-10(2)15(20)14-12(19)9-13(24-16(14)21)11(3)7-5-6-8-18-17(22)23-4;1-3-4-9-12-11-7-5-10(2)6-8-11/h6,8-11,19H,5,7H2,1-4H3,(H,18,22);5-8H,3-4,9H2,1-2H3/b8-6+;. The van der Waals surface area contributed by atoms with Gasteiger partial charge in [0, 0.05) is 24.1 Å². The molecule has 1 unspecified atom stereocenters. The van der Waals surface area contributed by atoms with E-state index in [4.69, 9.17) is 9.15 Å². The van der Waals surface area contributed by atoms with Crippen molar-refractivity contribution >= 4 is 11.9 Å². The molecule has 2 N–H and O–H groups in total. The van der Waals surface area contributed by atoms with Crippen LogP contribution in [-0.2, 0) is 4.74 Å². The van der Waals surface area contributed by atoms with Gasteiger partial charge in [-0.25, -0.2) is 9.59 Å². The highest BCUT2D eigenvalue weighted by Crippen LogP contribution is 2.25. The number of hydrogen-bond acceptors (Lipinski definition) is 7. The molecule has 0 saturated carbocycles. The van der Waals surface area contributed by atoms with Gasteiger partial charge < -0.3 is 19.0 Å². The molecule has 0 aliphatic heterocycles. The van der Waals surface area contributed by atoms with Crippen LogP contribution in [0.25, 0.3) is 0 Å². The highest BCUT2D eigenvalue weighted by molar-refractivity contribution is 5.99. The first-order chi connectivity index (χ1) is 17.1. The molecule has 0 aliphatic rings. The second-order valence-corrected chi connectivity index (χ2v) is 8.75. The Labute approximate surface area is 213 Å². The third kappa shape index (κ3) is 10.8. The highest BCUT2D eigenvalue weighted by atomic mass is 16.5. The number of alkyl carbamates (subject to hydrolysis) is 1. The molecule has 0 radical (unpaired) electrons. The molecule has 8 heteroatoms. The number of carbonyl (C=O) groups excluding carboxylic acids is 2. The average molecular weight is 502 g/mol. The SMILES string of the molecule is CCCCOc1ccc(C)cc1.COC(=O)N/C=C/CCC(C)c1cc(O)c(C(=O)C(C)C)c(=O)o1. The fourth-order valence-electron chi connectivity index (χ4n) is 2.98. The number of carbonyl (C=O) groups is 2. The van der Waals surface area contributed by atoms with Gasteiger partial charge in [-0.05, 0) is 38.3 Å². The molecule has 0 saturated heterocycles. The number of hydrogen-bond donors (Lipinski definition) is 2. The van der Waals surface area contributed by atoms with E-state index < -0.39 is 23.4 Å². The molecule has 8 nitrogen and oxygen atoms in total. The van der Waals surface area contributed by atoms with Gasteiger partial charge in [0.25, 0.3) is 0 Å². The third-order valence-electron chi connectivity index (χ3n) is 5.26. The molecular weight excluding hydrogens is 462 g/mol. The quantitative estimate of drug-likeness (QED) is 0.282. The number of Topliss-reactive ketones (excluding diaryl/α,β-unsaturated/α-hetero) is 1. The van der Waals surface area contributed by atoms with E-state index in [-0.39, 0.29) is 17.2 Å². The van der Waals surface area contributed by atoms with Gasteiger partial charge in [0.1, 0.15) is 22.8 Å². The summed E-state index contributed by atoms with van der Waals surface area (Å²) >= 11 is 0. The molecule has 36 heavy (non-hydrogen) atoms. The van der Waals surface area contributed by atoms with Crippen molar-refractivity contribution in [3.05, 3.63) is 69.9 Å². The summed E-state index contributed by atoms with van der Waals surface area (Å²) in [7, 11) is 1.27. The van der Waals surface area contributed by atoms with Crippen molar-refractivity contribution in [2.45, 2.75) is 66.2 Å². The van der Waals surface area contributed by atoms with Gasteiger partial charge >= 0.3 is 11.7 Å². The van der Waals surface area contributed by atoms with Crippen LogP contribution in [0.1, 0.15) is 81.0 Å². The van der Waals surface area contributed by atoms with Crippen molar-refractivity contribution in [1.82, 2.24) is 5.32 Å². The second-order valence-electron chi connectivity index (χ2n) is 8.75. The number of allylic oxidation sites excluding steroid dienone is 1. The Morgan fingerprint density at radius 1 is 1.17 bits per heavy atom. The van der Waals surface area contributed by atoms with E-state index in [1.807, 2.05) is 19.1 Å². The molecule has 1 aromatic heterocycles. The van der Waals surface area contributed by atoms with Gasteiger partial charge in [0.2, 0.25) is 0 Å². The summed E-state index contributed by atoms with van der Waals surface area (Å²) in [5, 5.41) is 12.4. The topological polar surface area (TPSA) is 115 Å². The number of ketones is 1. The molecule has 1 amide bonds. The second kappa shape index (κ2) is 16.2. The number of aryl methyl sites for hydroxylation is 1. The smallest absolute Gasteiger partial charge is 0.410 e. The van der Waals surface area contributed by atoms with Gasteiger partial charge in [-0.2, -0.15) is 0 Å². The number of aromatic hydroxyl groups is 1. The molecule has 1 heterocycles. The zero-order valence-corrected chi connectivity index (χ0v) is 22.1. The minimum atomic E-state index is -0.821. The van der Waals surface area contributed by atoms with E-state index in [0.29, 0.717) is 18.6 Å². The van der Waals surface area contributed by atoms with Crippen LogP contribution in [0.5, 0.6) is 11.5 Å². The molecule has 2 rings (SSSR count). The van der Waals surface area contributed by atoms with E-state index in [9.17, 15) is 19.5 Å². The third-order valence-corrected chi connectivity index (χ3v) is 5.26. The normalized spacial score (nSPS) is 11.5. The van der Waals surface area contributed by atoms with Crippen molar-refractivity contribution in [2.24, 2.45) is 5.92 Å². The molecule has 2 aromatic rings. The zero-order chi connectivity index (χ0) is 27.1. The highest BCUT2D eigenvalue weighted by Gasteiger charge is 2.22. The van der Waals surface area contributed by atoms with E-state index in [2.05, 4.69) is 36.0 Å². The number of ether oxygens (including phenoxy) is 2. The predicted molar refractivity (Wildman–Crippen MR) is 140 cm³/mol. The van der Waals surface area contributed by atoms with E-state index in [1.54, 1.807) is 19.9 Å². The predicted octanol–water partition coefficient (Wildman–Crippen LogP) is 6.11. The lowest BCUT2D eigenvalue weighted by Gasteiger charge is -2.11. The van der Waals surface area contributed by atoms with Crippen LogP contribution < -0.4 is 15.7 Å². The number of methoxy groups -OCH3 is 1. The Morgan fingerprint density at radius 2 is 1.83 bits per heavy atom. The van der Waals surface area contributed by atoms with Crippen LogP contribution in [0, 0.1) is 12.8 Å². The first kappa shape index (κ1) is 30.5. The van der Waals surface area contributed by atoms with Gasteiger partial charge in [-0.1, -0.05) is 57.9 Å². The zero-order valence-electron chi connectivity index (χ0n) is 22.1. The summed E-state index contributed by atoms with van der Waals surface area (Å²) in [5.74, 6) is -0.0581. The number of amides is 1. The summed E-state index contributed by atoms with van der Waals surface area (Å²) in [5.41, 5.74) is 0.152. The van der Waals surface area contributed by atoms with Crippen LogP contribution >= 0.6 is 0 Å². The Morgan fingerprint density at radius 3 is 2.39 bits per heavy atom. The van der Waals surface area contributed by atoms with Crippen molar-refractivity contribution in [3.63, 3.8) is 0 Å². The Kier molecular flexibility index (Phi) is 13.7. The molecule has 198 valence electrons. The lowest BCUT2D eigenvalue weighted by atomic mass is 9.99. The summed E-state index contributed by atoms with van der Waals surface area (Å²) in [6.07, 6.45) is 6.21. The number of rotatable bonds is 11. The van der Waals surface area contributed by atoms with Crippen molar-refractivity contribution in [2.75, 3.05) is 13.7 Å². The lowest BCUT2D eigenvalue weighted by Crippen LogP contribution is -2.19. The molecule has 0 fully saturated rings. The van der Waals surface area contributed by atoms with Gasteiger partial charge in [0.15, 0.2) is 5.78 Å². The summed E-state index contributed by atoms with van der Waals surface area (Å²) in [6.45, 7) is 10.2. The van der Waals surface area contributed by atoms with Crippen LogP contribution in [0.3, 0.4) is 0 Å². The molecule has 0 aliphatic carbocycles. The molecular formula is C28H39NO7. The number of benzene rings is 1. The van der Waals surface area contributed by atoms with E-state index in [0.717, 1.165) is 18.8 Å². The van der Waals surface area contributed by atoms with Crippen LogP contribution in [-0.4, -0.2) is 30.7 Å². The Balaban J connectivity index is 0.000000450. The molecule has 0 spiro atoms. The average Bonchev–Trinajstić information content (AvgIpc) is 2.84. The summed E-state index contributed by atoms with van der Waals surface area (Å²) in [6, 6.07) is 9.50. The molecule has 1 aromatic carbocycles. The number of unbranched alkanes of at least 4 members (excludes halogenated alkanes) is 1. The van der Waals surface area contributed by atoms with Gasteiger partial charge in [-0.3, -0.25) is 10.1 Å². The van der Waals surface area contributed by atoms with Crippen LogP contribution in [0.15, 0.2) is 51.8 Å². The van der Waals surface area contributed by atoms with E-state index >= 15 is 0 Å². The van der Waals surface area contributed by atoms with Crippen molar-refractivity contribution in [3.8, 4) is 11.5 Å². The van der Waals surface area contributed by atoms with Gasteiger partial charge in [0.05, 0.1) is 13.7 Å². The lowest BCUT2D eigenvalue weighted by molar-refractivity contribution is 0.0931. The van der Waals surface area contributed by atoms with Crippen LogP contribution in [0.4, 0.5) is 4.79 Å². The van der Waals surface area contributed by atoms with Gasteiger partial charge in [-0.15, -0.1) is 0 Å². The van der Waals surface area contributed by atoms with E-state index in [1.165, 1.54) is 31.4 Å². The fraction of sp³-hybridized carbons (Fsp3) is 0.464. The van der Waals surface area contributed by atoms with Crippen LogP contribution in [0.2, 0.25) is 0 Å². The first-order valence-electron chi connectivity index (χ1n) is 12.2. The monoisotopic (exact) mass is 501 g/mol. The minimum Gasteiger partial charge on any atom is -0.507 e. The molecule has 1 atom stereocenters. The largest absolute Gasteiger partial charge is 0.507 e.